The van der Waals surface area contributed by atoms with Crippen molar-refractivity contribution in [3.63, 3.8) is 0 Å². The first-order valence-corrected chi connectivity index (χ1v) is 8.70. The van der Waals surface area contributed by atoms with Crippen LogP contribution >= 0.6 is 0 Å². The minimum atomic E-state index is -0.493. The number of carbonyl (C=O) groups excluding carboxylic acids is 1. The number of aryl methyl sites for hydroxylation is 1. The van der Waals surface area contributed by atoms with E-state index in [1.165, 1.54) is 18.2 Å². The number of hydrogen-bond acceptors (Lipinski definition) is 2. The standard InChI is InChI=1S/C20H22F2N2O/c1-14-5-2-9-19(23-14)20(25)24-12-4-6-15(13-24)10-11-16-17(21)7-3-8-18(16)22/h2-3,5,7-9,15H,4,6,10-13H2,1H3. The molecule has 0 radical (unpaired) electrons. The monoisotopic (exact) mass is 344 g/mol. The molecule has 3 nitrogen and oxygen atoms in total. The maximum atomic E-state index is 13.8. The first-order chi connectivity index (χ1) is 12.0. The summed E-state index contributed by atoms with van der Waals surface area (Å²) in [4.78, 5) is 18.7. The van der Waals surface area contributed by atoms with Crippen LogP contribution in [0, 0.1) is 24.5 Å². The smallest absolute Gasteiger partial charge is 0.272 e. The molecule has 3 rings (SSSR count). The van der Waals surface area contributed by atoms with Gasteiger partial charge in [-0.25, -0.2) is 13.8 Å². The van der Waals surface area contributed by atoms with Crippen LogP contribution in [0.4, 0.5) is 8.78 Å². The van der Waals surface area contributed by atoms with Crippen molar-refractivity contribution in [2.45, 2.75) is 32.6 Å². The third kappa shape index (κ3) is 4.21. The van der Waals surface area contributed by atoms with Gasteiger partial charge in [-0.05, 0) is 62.8 Å². The van der Waals surface area contributed by atoms with E-state index in [0.29, 0.717) is 31.6 Å². The molecule has 0 aliphatic carbocycles. The summed E-state index contributed by atoms with van der Waals surface area (Å²) in [6.07, 6.45) is 2.90. The zero-order valence-electron chi connectivity index (χ0n) is 14.3. The first-order valence-electron chi connectivity index (χ1n) is 8.70. The molecule has 0 saturated carbocycles. The molecule has 1 aromatic heterocycles. The Kier molecular flexibility index (Phi) is 5.41. The molecule has 2 aromatic rings. The SMILES string of the molecule is Cc1cccc(C(=O)N2CCCC(CCc3c(F)cccc3F)C2)n1. The van der Waals surface area contributed by atoms with Crippen LogP contribution in [-0.4, -0.2) is 28.9 Å². The van der Waals surface area contributed by atoms with Gasteiger partial charge in [0.05, 0.1) is 0 Å². The summed E-state index contributed by atoms with van der Waals surface area (Å²) in [5, 5.41) is 0. The topological polar surface area (TPSA) is 33.2 Å². The second-order valence-electron chi connectivity index (χ2n) is 6.66. The molecule has 0 bridgehead atoms. The van der Waals surface area contributed by atoms with Crippen molar-refractivity contribution in [3.05, 3.63) is 65.0 Å². The quantitative estimate of drug-likeness (QED) is 0.835. The molecule has 1 saturated heterocycles. The highest BCUT2D eigenvalue weighted by atomic mass is 19.1. The number of halogens is 2. The molecule has 1 fully saturated rings. The number of rotatable bonds is 4. The van der Waals surface area contributed by atoms with Gasteiger partial charge in [0.25, 0.3) is 5.91 Å². The van der Waals surface area contributed by atoms with Gasteiger partial charge in [-0.15, -0.1) is 0 Å². The number of hydrogen-bond donors (Lipinski definition) is 0. The van der Waals surface area contributed by atoms with Gasteiger partial charge in [0, 0.05) is 24.3 Å². The van der Waals surface area contributed by atoms with Crippen molar-refractivity contribution in [1.29, 1.82) is 0 Å². The number of aromatic nitrogens is 1. The summed E-state index contributed by atoms with van der Waals surface area (Å²) >= 11 is 0. The van der Waals surface area contributed by atoms with E-state index in [4.69, 9.17) is 0 Å². The van der Waals surface area contributed by atoms with Gasteiger partial charge in [0.2, 0.25) is 0 Å². The fraction of sp³-hybridized carbons (Fsp3) is 0.400. The zero-order chi connectivity index (χ0) is 17.8. The molecule has 5 heteroatoms. The summed E-state index contributed by atoms with van der Waals surface area (Å²) in [6, 6.07) is 9.38. The average molecular weight is 344 g/mol. The normalized spacial score (nSPS) is 17.6. The van der Waals surface area contributed by atoms with E-state index in [1.54, 1.807) is 6.07 Å². The third-order valence-corrected chi connectivity index (χ3v) is 4.78. The van der Waals surface area contributed by atoms with E-state index < -0.39 is 11.6 Å². The van der Waals surface area contributed by atoms with E-state index >= 15 is 0 Å². The fourth-order valence-corrected chi connectivity index (χ4v) is 3.43. The van der Waals surface area contributed by atoms with Crippen LogP contribution in [0.5, 0.6) is 0 Å². The Morgan fingerprint density at radius 1 is 1.20 bits per heavy atom. The number of likely N-dealkylation sites (tertiary alicyclic amines) is 1. The number of carbonyl (C=O) groups is 1. The second kappa shape index (κ2) is 7.72. The largest absolute Gasteiger partial charge is 0.337 e. The van der Waals surface area contributed by atoms with Crippen LogP contribution in [0.25, 0.3) is 0 Å². The van der Waals surface area contributed by atoms with E-state index in [-0.39, 0.29) is 17.4 Å². The van der Waals surface area contributed by atoms with Gasteiger partial charge >= 0.3 is 0 Å². The number of pyridine rings is 1. The van der Waals surface area contributed by atoms with E-state index in [1.807, 2.05) is 24.0 Å². The highest BCUT2D eigenvalue weighted by Gasteiger charge is 2.25. The van der Waals surface area contributed by atoms with Crippen molar-refractivity contribution < 1.29 is 13.6 Å². The summed E-state index contributed by atoms with van der Waals surface area (Å²) in [6.45, 7) is 3.18. The molecule has 1 aliphatic rings. The molecule has 1 aliphatic heterocycles. The number of amides is 1. The lowest BCUT2D eigenvalue weighted by Gasteiger charge is -2.32. The Morgan fingerprint density at radius 2 is 1.92 bits per heavy atom. The Morgan fingerprint density at radius 3 is 2.64 bits per heavy atom. The Bertz CT molecular complexity index is 743. The lowest BCUT2D eigenvalue weighted by molar-refractivity contribution is 0.0662. The summed E-state index contributed by atoms with van der Waals surface area (Å²) in [5.74, 6) is -0.799. The minimum Gasteiger partial charge on any atom is -0.337 e. The van der Waals surface area contributed by atoms with Crippen molar-refractivity contribution in [3.8, 4) is 0 Å². The van der Waals surface area contributed by atoms with Gasteiger partial charge < -0.3 is 4.90 Å². The molecule has 1 amide bonds. The van der Waals surface area contributed by atoms with E-state index in [2.05, 4.69) is 4.98 Å². The van der Waals surface area contributed by atoms with Gasteiger partial charge in [-0.2, -0.15) is 0 Å². The average Bonchev–Trinajstić information content (AvgIpc) is 2.61. The lowest BCUT2D eigenvalue weighted by Crippen LogP contribution is -2.40. The van der Waals surface area contributed by atoms with Gasteiger partial charge in [-0.1, -0.05) is 12.1 Å². The Labute approximate surface area is 146 Å². The first kappa shape index (κ1) is 17.5. The van der Waals surface area contributed by atoms with Crippen LogP contribution in [-0.2, 0) is 6.42 Å². The molecule has 1 aromatic carbocycles. The maximum absolute atomic E-state index is 13.8. The predicted octanol–water partition coefficient (Wildman–Crippen LogP) is 4.15. The molecule has 1 atom stereocenters. The Balaban J connectivity index is 1.62. The molecular formula is C20H22F2N2O. The number of nitrogens with zero attached hydrogens (tertiary/aromatic N) is 2. The highest BCUT2D eigenvalue weighted by molar-refractivity contribution is 5.92. The Hall–Kier alpha value is -2.30. The van der Waals surface area contributed by atoms with E-state index in [0.717, 1.165) is 18.5 Å². The molecule has 0 N–H and O–H groups in total. The molecular weight excluding hydrogens is 322 g/mol. The predicted molar refractivity (Wildman–Crippen MR) is 92.3 cm³/mol. The maximum Gasteiger partial charge on any atom is 0.272 e. The highest BCUT2D eigenvalue weighted by Crippen LogP contribution is 2.24. The molecule has 0 spiro atoms. The third-order valence-electron chi connectivity index (χ3n) is 4.78. The number of benzene rings is 1. The van der Waals surface area contributed by atoms with Crippen LogP contribution in [0.3, 0.4) is 0 Å². The molecule has 1 unspecified atom stereocenters. The van der Waals surface area contributed by atoms with E-state index in [9.17, 15) is 13.6 Å². The summed E-state index contributed by atoms with van der Waals surface area (Å²) in [7, 11) is 0. The second-order valence-corrected chi connectivity index (χ2v) is 6.66. The van der Waals surface area contributed by atoms with Crippen LogP contribution < -0.4 is 0 Å². The molecule has 132 valence electrons. The summed E-state index contributed by atoms with van der Waals surface area (Å²) in [5.41, 5.74) is 1.42. The van der Waals surface area contributed by atoms with Crippen molar-refractivity contribution >= 4 is 5.91 Å². The summed E-state index contributed by atoms with van der Waals surface area (Å²) < 4.78 is 27.5. The van der Waals surface area contributed by atoms with Crippen LogP contribution in [0.1, 0.15) is 41.0 Å². The van der Waals surface area contributed by atoms with Crippen molar-refractivity contribution in [2.24, 2.45) is 5.92 Å². The van der Waals surface area contributed by atoms with Crippen LogP contribution in [0.2, 0.25) is 0 Å². The van der Waals surface area contributed by atoms with Gasteiger partial charge in [-0.3, -0.25) is 4.79 Å². The van der Waals surface area contributed by atoms with Crippen molar-refractivity contribution in [1.82, 2.24) is 9.88 Å². The zero-order valence-corrected chi connectivity index (χ0v) is 14.3. The molecule has 25 heavy (non-hydrogen) atoms. The lowest BCUT2D eigenvalue weighted by atomic mass is 9.91. The van der Waals surface area contributed by atoms with Crippen molar-refractivity contribution in [2.75, 3.05) is 13.1 Å². The van der Waals surface area contributed by atoms with Gasteiger partial charge in [0.1, 0.15) is 17.3 Å². The van der Waals surface area contributed by atoms with Gasteiger partial charge in [0.15, 0.2) is 0 Å². The fourth-order valence-electron chi connectivity index (χ4n) is 3.43. The minimum absolute atomic E-state index is 0.0644. The molecule has 2 heterocycles. The van der Waals surface area contributed by atoms with Crippen LogP contribution in [0.15, 0.2) is 36.4 Å². The number of piperidine rings is 1.